The first kappa shape index (κ1) is 10.9. The van der Waals surface area contributed by atoms with Crippen LogP contribution in [0.25, 0.3) is 22.6 Å². The van der Waals surface area contributed by atoms with Crippen molar-refractivity contribution in [2.24, 2.45) is 12.8 Å². The third-order valence-electron chi connectivity index (χ3n) is 2.97. The molecule has 5 heteroatoms. The average Bonchev–Trinajstić information content (AvgIpc) is 2.77. The van der Waals surface area contributed by atoms with Gasteiger partial charge in [0.25, 0.3) is 0 Å². The van der Waals surface area contributed by atoms with Crippen molar-refractivity contribution in [1.82, 2.24) is 19.5 Å². The summed E-state index contributed by atoms with van der Waals surface area (Å²) in [4.78, 5) is 12.9. The molecule has 0 unspecified atom stereocenters. The Morgan fingerprint density at radius 2 is 2.17 bits per heavy atom. The Balaban J connectivity index is 2.23. The van der Waals surface area contributed by atoms with Crippen LogP contribution in [0.1, 0.15) is 5.56 Å². The molecule has 18 heavy (non-hydrogen) atoms. The Bertz CT molecular complexity index is 687. The van der Waals surface area contributed by atoms with E-state index in [0.717, 1.165) is 28.1 Å². The lowest BCUT2D eigenvalue weighted by molar-refractivity contribution is 0.944. The monoisotopic (exact) mass is 239 g/mol. The molecule has 0 atom stereocenters. The van der Waals surface area contributed by atoms with Crippen LogP contribution in [0, 0.1) is 0 Å². The molecular weight excluding hydrogens is 226 g/mol. The second-order valence-electron chi connectivity index (χ2n) is 4.11. The lowest BCUT2D eigenvalue weighted by Gasteiger charge is -2.01. The normalized spacial score (nSPS) is 11.0. The highest BCUT2D eigenvalue weighted by Crippen LogP contribution is 2.22. The fourth-order valence-corrected chi connectivity index (χ4v) is 2.01. The third-order valence-corrected chi connectivity index (χ3v) is 2.97. The van der Waals surface area contributed by atoms with E-state index in [-0.39, 0.29) is 0 Å². The molecule has 0 aliphatic heterocycles. The largest absolute Gasteiger partial charge is 0.326 e. The van der Waals surface area contributed by atoms with E-state index in [9.17, 15) is 0 Å². The summed E-state index contributed by atoms with van der Waals surface area (Å²) in [5.41, 5.74) is 9.51. The zero-order chi connectivity index (χ0) is 12.5. The Morgan fingerprint density at radius 3 is 2.89 bits per heavy atom. The molecule has 0 spiro atoms. The quantitative estimate of drug-likeness (QED) is 0.735. The minimum Gasteiger partial charge on any atom is -0.326 e. The lowest BCUT2D eigenvalue weighted by atomic mass is 10.2. The number of hydrogen-bond acceptors (Lipinski definition) is 4. The van der Waals surface area contributed by atoms with E-state index in [4.69, 9.17) is 5.73 Å². The van der Waals surface area contributed by atoms with Crippen LogP contribution in [0.2, 0.25) is 0 Å². The molecule has 2 heterocycles. The average molecular weight is 239 g/mol. The van der Waals surface area contributed by atoms with Crippen molar-refractivity contribution in [1.29, 1.82) is 0 Å². The number of rotatable bonds is 2. The Morgan fingerprint density at radius 1 is 1.28 bits per heavy atom. The van der Waals surface area contributed by atoms with Crippen LogP contribution in [0.3, 0.4) is 0 Å². The summed E-state index contributed by atoms with van der Waals surface area (Å²) in [6, 6.07) is 6.04. The van der Waals surface area contributed by atoms with Gasteiger partial charge in [0.2, 0.25) is 0 Å². The second kappa shape index (κ2) is 4.19. The maximum atomic E-state index is 5.66. The molecular formula is C13H13N5. The third kappa shape index (κ3) is 1.65. The highest BCUT2D eigenvalue weighted by atomic mass is 15.1. The van der Waals surface area contributed by atoms with Crippen LogP contribution in [-0.4, -0.2) is 19.5 Å². The number of hydrogen-bond donors (Lipinski definition) is 1. The summed E-state index contributed by atoms with van der Waals surface area (Å²) >= 11 is 0. The molecule has 90 valence electrons. The molecule has 3 aromatic rings. The highest BCUT2D eigenvalue weighted by molar-refractivity contribution is 5.80. The van der Waals surface area contributed by atoms with Gasteiger partial charge in [-0.05, 0) is 17.7 Å². The SMILES string of the molecule is Cn1c(-c2cnccn2)nc2ccc(CN)cc21. The smallest absolute Gasteiger partial charge is 0.161 e. The summed E-state index contributed by atoms with van der Waals surface area (Å²) < 4.78 is 2.01. The topological polar surface area (TPSA) is 69.6 Å². The van der Waals surface area contributed by atoms with Gasteiger partial charge in [0, 0.05) is 26.0 Å². The van der Waals surface area contributed by atoms with E-state index in [0.29, 0.717) is 6.54 Å². The van der Waals surface area contributed by atoms with Crippen molar-refractivity contribution in [3.63, 3.8) is 0 Å². The number of aryl methyl sites for hydroxylation is 1. The maximum Gasteiger partial charge on any atom is 0.161 e. The van der Waals surface area contributed by atoms with Crippen LogP contribution in [-0.2, 0) is 13.6 Å². The number of nitrogens with two attached hydrogens (primary N) is 1. The van der Waals surface area contributed by atoms with Crippen molar-refractivity contribution in [3.05, 3.63) is 42.4 Å². The first-order chi connectivity index (χ1) is 8.79. The van der Waals surface area contributed by atoms with E-state index >= 15 is 0 Å². The molecule has 0 saturated heterocycles. The van der Waals surface area contributed by atoms with Gasteiger partial charge in [-0.15, -0.1) is 0 Å². The van der Waals surface area contributed by atoms with Gasteiger partial charge in [-0.1, -0.05) is 6.07 Å². The predicted octanol–water partition coefficient (Wildman–Crippen LogP) is 1.49. The van der Waals surface area contributed by atoms with Crippen molar-refractivity contribution in [3.8, 4) is 11.5 Å². The molecule has 0 aliphatic rings. The van der Waals surface area contributed by atoms with Crippen LogP contribution in [0.15, 0.2) is 36.8 Å². The van der Waals surface area contributed by atoms with Crippen LogP contribution in [0.5, 0.6) is 0 Å². The molecule has 0 aliphatic carbocycles. The first-order valence-corrected chi connectivity index (χ1v) is 5.71. The lowest BCUT2D eigenvalue weighted by Crippen LogP contribution is -1.97. The summed E-state index contributed by atoms with van der Waals surface area (Å²) in [5.74, 6) is 0.812. The van der Waals surface area contributed by atoms with Crippen molar-refractivity contribution < 1.29 is 0 Å². The van der Waals surface area contributed by atoms with Crippen molar-refractivity contribution >= 4 is 11.0 Å². The number of imidazole rings is 1. The molecule has 5 nitrogen and oxygen atoms in total. The number of benzene rings is 1. The van der Waals surface area contributed by atoms with E-state index in [2.05, 4.69) is 21.0 Å². The summed E-state index contributed by atoms with van der Waals surface area (Å²) in [6.45, 7) is 0.529. The molecule has 0 bridgehead atoms. The number of fused-ring (bicyclic) bond motifs is 1. The summed E-state index contributed by atoms with van der Waals surface area (Å²) in [6.07, 6.45) is 5.03. The van der Waals surface area contributed by atoms with Crippen LogP contribution >= 0.6 is 0 Å². The van der Waals surface area contributed by atoms with Gasteiger partial charge in [-0.3, -0.25) is 4.98 Å². The summed E-state index contributed by atoms with van der Waals surface area (Å²) in [5, 5.41) is 0. The van der Waals surface area contributed by atoms with E-state index in [1.54, 1.807) is 18.6 Å². The molecule has 2 aromatic heterocycles. The van der Waals surface area contributed by atoms with Gasteiger partial charge in [-0.25, -0.2) is 9.97 Å². The molecule has 0 saturated carbocycles. The Hall–Kier alpha value is -2.27. The van der Waals surface area contributed by atoms with Crippen LogP contribution < -0.4 is 5.73 Å². The van der Waals surface area contributed by atoms with E-state index < -0.39 is 0 Å². The van der Waals surface area contributed by atoms with Crippen molar-refractivity contribution in [2.45, 2.75) is 6.54 Å². The minimum atomic E-state index is 0.529. The van der Waals surface area contributed by atoms with Gasteiger partial charge in [0.1, 0.15) is 5.69 Å². The minimum absolute atomic E-state index is 0.529. The molecule has 0 fully saturated rings. The van der Waals surface area contributed by atoms with Crippen LogP contribution in [0.4, 0.5) is 0 Å². The second-order valence-corrected chi connectivity index (χ2v) is 4.11. The number of nitrogens with zero attached hydrogens (tertiary/aromatic N) is 4. The zero-order valence-corrected chi connectivity index (χ0v) is 10.0. The van der Waals surface area contributed by atoms with Crippen molar-refractivity contribution in [2.75, 3.05) is 0 Å². The molecule has 2 N–H and O–H groups in total. The van der Waals surface area contributed by atoms with Gasteiger partial charge >= 0.3 is 0 Å². The molecule has 1 aromatic carbocycles. The first-order valence-electron chi connectivity index (χ1n) is 5.71. The number of aromatic nitrogens is 4. The fraction of sp³-hybridized carbons (Fsp3) is 0.154. The zero-order valence-electron chi connectivity index (χ0n) is 10.0. The van der Waals surface area contributed by atoms with Gasteiger partial charge in [0.05, 0.1) is 17.2 Å². The highest BCUT2D eigenvalue weighted by Gasteiger charge is 2.10. The van der Waals surface area contributed by atoms with Gasteiger partial charge in [-0.2, -0.15) is 0 Å². The molecule has 0 radical (unpaired) electrons. The fourth-order valence-electron chi connectivity index (χ4n) is 2.01. The predicted molar refractivity (Wildman–Crippen MR) is 69.6 cm³/mol. The summed E-state index contributed by atoms with van der Waals surface area (Å²) in [7, 11) is 1.97. The van der Waals surface area contributed by atoms with Gasteiger partial charge < -0.3 is 10.3 Å². The van der Waals surface area contributed by atoms with E-state index in [1.165, 1.54) is 0 Å². The van der Waals surface area contributed by atoms with Gasteiger partial charge in [0.15, 0.2) is 5.82 Å². The molecule has 3 rings (SSSR count). The van der Waals surface area contributed by atoms with E-state index in [1.807, 2.05) is 23.7 Å². The Kier molecular flexibility index (Phi) is 2.53. The Labute approximate surface area is 104 Å². The molecule has 0 amide bonds. The standard InChI is InChI=1S/C13H13N5/c1-18-12-6-9(7-14)2-3-10(12)17-13(18)11-8-15-4-5-16-11/h2-6,8H,7,14H2,1H3. The maximum absolute atomic E-state index is 5.66.